The zero-order chi connectivity index (χ0) is 25.4. The molecule has 34 heavy (non-hydrogen) atoms. The lowest BCUT2D eigenvalue weighted by molar-refractivity contribution is -0.807. The number of alkyl halides is 1. The zero-order valence-corrected chi connectivity index (χ0v) is 23.1. The van der Waals surface area contributed by atoms with Gasteiger partial charge in [0.15, 0.2) is 20.7 Å². The Morgan fingerprint density at radius 1 is 1.21 bits per heavy atom. The van der Waals surface area contributed by atoms with Crippen LogP contribution in [-0.2, 0) is 24.4 Å². The van der Waals surface area contributed by atoms with Crippen LogP contribution in [0.2, 0.25) is 18.1 Å². The average Bonchev–Trinajstić information content (AvgIpc) is 3.18. The number of amides is 1. The molecule has 1 fully saturated rings. The fraction of sp³-hybridized carbons (Fsp3) is 0.583. The summed E-state index contributed by atoms with van der Waals surface area (Å²) in [6.07, 6.45) is 8.29. The summed E-state index contributed by atoms with van der Waals surface area (Å²) < 4.78 is 20.7. The topological polar surface area (TPSA) is 83.7 Å². The van der Waals surface area contributed by atoms with Crippen molar-refractivity contribution in [3.63, 3.8) is 0 Å². The zero-order valence-electron chi connectivity index (χ0n) is 20.6. The molecule has 2 aliphatic rings. The Morgan fingerprint density at radius 3 is 2.38 bits per heavy atom. The molecule has 10 heteroatoms. The lowest BCUT2D eigenvalue weighted by Gasteiger charge is -2.42. The molecule has 0 spiro atoms. The predicted octanol–water partition coefficient (Wildman–Crippen LogP) is 4.84. The Hall–Kier alpha value is -1.26. The number of pyridine rings is 1. The summed E-state index contributed by atoms with van der Waals surface area (Å²) in [4.78, 5) is 12.2. The van der Waals surface area contributed by atoms with E-state index in [9.17, 15) is 10.0 Å². The molecule has 1 saturated carbocycles. The molecular weight excluding hydrogens is 495 g/mol. The Balaban J connectivity index is 1.95. The number of ether oxygens (including phenoxy) is 2. The maximum atomic E-state index is 12.2. The van der Waals surface area contributed by atoms with Crippen molar-refractivity contribution < 1.29 is 23.3 Å². The standard InChI is InChI=1S/C24H34Cl2N2O5Si/c1-22(2,3)34(5,6)33-19-11-10-18(15-19)32-23(26)16-17(21(29)27-30)14-20(25)24(23,31-4)28-12-8-7-9-13-28/h7-9,12-14,16,18-19H,10-11,15H2,1-6H3,(H-,27,29,30)/t18-,19-,23?,24?/m1/s1. The quantitative estimate of drug-likeness (QED) is 0.237. The Morgan fingerprint density at radius 2 is 1.82 bits per heavy atom. The van der Waals surface area contributed by atoms with Crippen LogP contribution < -0.4 is 10.0 Å². The molecule has 4 atom stereocenters. The van der Waals surface area contributed by atoms with Gasteiger partial charge in [-0.1, -0.05) is 50.0 Å². The second-order valence-electron chi connectivity index (χ2n) is 10.4. The number of hydrogen-bond donors (Lipinski definition) is 1. The van der Waals surface area contributed by atoms with Crippen molar-refractivity contribution in [3.05, 3.63) is 58.6 Å². The summed E-state index contributed by atoms with van der Waals surface area (Å²) >= 11 is 13.9. The SMILES string of the molecule is COC1([n+]2ccccc2)C(Cl)=CC(C(=O)N[O-])=CC1(Cl)O[C@@H]1CC[C@@H](O[Si](C)(C)C(C)(C)C)C1. The lowest BCUT2D eigenvalue weighted by atomic mass is 9.93. The first kappa shape index (κ1) is 27.3. The van der Waals surface area contributed by atoms with E-state index < -0.39 is 25.0 Å². The number of halogens is 2. The fourth-order valence-electron chi connectivity index (χ4n) is 4.24. The summed E-state index contributed by atoms with van der Waals surface area (Å²) in [5, 5.41) is 9.60. The highest BCUT2D eigenvalue weighted by Crippen LogP contribution is 2.49. The van der Waals surface area contributed by atoms with Crippen molar-refractivity contribution in [2.24, 2.45) is 0 Å². The third-order valence-corrected chi connectivity index (χ3v) is 12.4. The molecule has 0 aliphatic heterocycles. The van der Waals surface area contributed by atoms with E-state index in [-0.39, 0.29) is 27.9 Å². The van der Waals surface area contributed by atoms with Crippen LogP contribution in [-0.4, -0.2) is 38.6 Å². The molecule has 0 radical (unpaired) electrons. The van der Waals surface area contributed by atoms with Gasteiger partial charge in [0.05, 0.1) is 6.10 Å². The second kappa shape index (κ2) is 10.0. The molecule has 188 valence electrons. The van der Waals surface area contributed by atoms with E-state index >= 15 is 0 Å². The summed E-state index contributed by atoms with van der Waals surface area (Å²) in [5.41, 5.74) is -0.111. The molecule has 0 bridgehead atoms. The maximum Gasteiger partial charge on any atom is 0.357 e. The van der Waals surface area contributed by atoms with Crippen LogP contribution in [0.3, 0.4) is 0 Å². The van der Waals surface area contributed by atoms with Gasteiger partial charge < -0.3 is 24.6 Å². The van der Waals surface area contributed by atoms with Crippen LogP contribution in [0.4, 0.5) is 0 Å². The monoisotopic (exact) mass is 528 g/mol. The minimum Gasteiger partial charge on any atom is -0.759 e. The van der Waals surface area contributed by atoms with Crippen molar-refractivity contribution in [1.29, 1.82) is 0 Å². The van der Waals surface area contributed by atoms with Crippen LogP contribution in [0.1, 0.15) is 40.0 Å². The molecule has 0 saturated heterocycles. The Bertz CT molecular complexity index is 966. The van der Waals surface area contributed by atoms with Gasteiger partial charge in [-0.25, -0.2) is 0 Å². The molecule has 1 aromatic rings. The van der Waals surface area contributed by atoms with E-state index in [4.69, 9.17) is 37.1 Å². The van der Waals surface area contributed by atoms with Crippen molar-refractivity contribution in [3.8, 4) is 0 Å². The first-order valence-electron chi connectivity index (χ1n) is 11.4. The van der Waals surface area contributed by atoms with Crippen LogP contribution in [0.5, 0.6) is 0 Å². The first-order chi connectivity index (χ1) is 15.8. The molecule has 0 aromatic carbocycles. The number of aromatic nitrogens is 1. The van der Waals surface area contributed by atoms with E-state index in [0.29, 0.717) is 6.42 Å². The highest BCUT2D eigenvalue weighted by atomic mass is 35.5. The number of hydrogen-bond acceptors (Lipinski definition) is 5. The van der Waals surface area contributed by atoms with Crippen LogP contribution in [0.25, 0.3) is 0 Å². The van der Waals surface area contributed by atoms with E-state index in [2.05, 4.69) is 33.9 Å². The number of hydroxylamine groups is 1. The van der Waals surface area contributed by atoms with Gasteiger partial charge >= 0.3 is 5.72 Å². The molecule has 3 rings (SSSR count). The van der Waals surface area contributed by atoms with Gasteiger partial charge in [0, 0.05) is 30.9 Å². The molecule has 2 unspecified atom stereocenters. The van der Waals surface area contributed by atoms with E-state index in [1.807, 2.05) is 18.2 Å². The molecule has 2 aliphatic carbocycles. The molecule has 7 nitrogen and oxygen atoms in total. The number of rotatable bonds is 7. The minimum absolute atomic E-state index is 0.00581. The number of methoxy groups -OCH3 is 1. The normalized spacial score (nSPS) is 30.0. The second-order valence-corrected chi connectivity index (χ2v) is 16.1. The van der Waals surface area contributed by atoms with Crippen molar-refractivity contribution in [1.82, 2.24) is 5.48 Å². The van der Waals surface area contributed by atoms with Gasteiger partial charge in [-0.2, -0.15) is 4.57 Å². The fourth-order valence-corrected chi connectivity index (χ4v) is 6.64. The predicted molar refractivity (Wildman–Crippen MR) is 135 cm³/mol. The third-order valence-electron chi connectivity index (χ3n) is 7.08. The highest BCUT2D eigenvalue weighted by molar-refractivity contribution is 6.74. The van der Waals surface area contributed by atoms with Gasteiger partial charge in [-0.05, 0) is 49.5 Å². The number of nitrogens with one attached hydrogen (secondary N) is 1. The van der Waals surface area contributed by atoms with Crippen LogP contribution in [0.15, 0.2) is 53.4 Å². The van der Waals surface area contributed by atoms with E-state index in [0.717, 1.165) is 12.8 Å². The smallest absolute Gasteiger partial charge is 0.357 e. The number of carbonyl (C=O) groups excluding carboxylic acids is 1. The Kier molecular flexibility index (Phi) is 8.04. The number of nitrogens with zero attached hydrogens (tertiary/aromatic N) is 1. The van der Waals surface area contributed by atoms with Gasteiger partial charge in [0.1, 0.15) is 5.03 Å². The minimum atomic E-state index is -1.95. The van der Waals surface area contributed by atoms with Gasteiger partial charge in [-0.15, -0.1) is 0 Å². The third kappa shape index (κ3) is 5.00. The molecule has 1 N–H and O–H groups in total. The van der Waals surface area contributed by atoms with Crippen LogP contribution >= 0.6 is 23.2 Å². The lowest BCUT2D eigenvalue weighted by Crippen LogP contribution is -2.70. The van der Waals surface area contributed by atoms with Crippen molar-refractivity contribution in [2.75, 3.05) is 7.11 Å². The van der Waals surface area contributed by atoms with E-state index in [1.54, 1.807) is 17.0 Å². The summed E-state index contributed by atoms with van der Waals surface area (Å²) in [7, 11) is -0.474. The summed E-state index contributed by atoms with van der Waals surface area (Å²) in [6, 6.07) is 5.47. The highest BCUT2D eigenvalue weighted by Gasteiger charge is 2.65. The average molecular weight is 530 g/mol. The number of carbonyl (C=O) groups is 1. The maximum absolute atomic E-state index is 12.2. The molecule has 1 amide bonds. The largest absolute Gasteiger partial charge is 0.759 e. The molecular formula is C24H34Cl2N2O5Si. The van der Waals surface area contributed by atoms with Crippen molar-refractivity contribution in [2.45, 2.75) is 81.2 Å². The van der Waals surface area contributed by atoms with Crippen LogP contribution in [0, 0.1) is 5.21 Å². The molecule has 1 aromatic heterocycles. The molecule has 1 heterocycles. The Labute approximate surface area is 212 Å². The van der Waals surface area contributed by atoms with Gasteiger partial charge in [0.2, 0.25) is 5.91 Å². The summed E-state index contributed by atoms with van der Waals surface area (Å²) in [5.74, 6) is -0.861. The van der Waals surface area contributed by atoms with Crippen molar-refractivity contribution >= 4 is 37.4 Å². The van der Waals surface area contributed by atoms with Gasteiger partial charge in [-0.3, -0.25) is 4.79 Å². The van der Waals surface area contributed by atoms with Gasteiger partial charge in [0.25, 0.3) is 5.06 Å². The first-order valence-corrected chi connectivity index (χ1v) is 15.1. The summed E-state index contributed by atoms with van der Waals surface area (Å²) in [6.45, 7) is 11.1. The van der Waals surface area contributed by atoms with E-state index in [1.165, 1.54) is 24.7 Å².